The van der Waals surface area contributed by atoms with Crippen LogP contribution in [0.3, 0.4) is 0 Å². The Balaban J connectivity index is 1.99. The summed E-state index contributed by atoms with van der Waals surface area (Å²) in [6.07, 6.45) is 3.13. The fourth-order valence-electron chi connectivity index (χ4n) is 2.60. The van der Waals surface area contributed by atoms with Crippen molar-refractivity contribution >= 4 is 15.7 Å². The second kappa shape index (κ2) is 7.09. The Morgan fingerprint density at radius 1 is 1.26 bits per heavy atom. The molecular formula is C18H17N5O3S. The lowest BCUT2D eigenvalue weighted by atomic mass is 10.2. The summed E-state index contributed by atoms with van der Waals surface area (Å²) in [5, 5.41) is 13.2. The van der Waals surface area contributed by atoms with Crippen LogP contribution in [0.2, 0.25) is 0 Å². The molecule has 3 rings (SSSR count). The molecule has 1 aromatic carbocycles. The van der Waals surface area contributed by atoms with E-state index in [9.17, 15) is 8.42 Å². The third kappa shape index (κ3) is 3.75. The first-order valence-corrected chi connectivity index (χ1v) is 9.45. The van der Waals surface area contributed by atoms with Crippen molar-refractivity contribution in [3.8, 4) is 17.7 Å². The van der Waals surface area contributed by atoms with Crippen LogP contribution < -0.4 is 9.46 Å². The number of hydrogen-bond donors (Lipinski definition) is 1. The lowest BCUT2D eigenvalue weighted by Gasteiger charge is -2.12. The number of hydrogen-bond acceptors (Lipinski definition) is 6. The minimum atomic E-state index is -3.90. The van der Waals surface area contributed by atoms with Gasteiger partial charge in [0.15, 0.2) is 0 Å². The van der Waals surface area contributed by atoms with Crippen LogP contribution in [0.1, 0.15) is 16.8 Å². The van der Waals surface area contributed by atoms with E-state index in [-0.39, 0.29) is 16.5 Å². The molecule has 138 valence electrons. The number of aryl methyl sites for hydroxylation is 3. The highest BCUT2D eigenvalue weighted by Crippen LogP contribution is 2.33. The molecule has 8 nitrogen and oxygen atoms in total. The molecule has 0 atom stereocenters. The molecule has 0 unspecified atom stereocenters. The second-order valence-electron chi connectivity index (χ2n) is 5.88. The van der Waals surface area contributed by atoms with Crippen LogP contribution >= 0.6 is 0 Å². The molecule has 0 saturated heterocycles. The van der Waals surface area contributed by atoms with E-state index in [4.69, 9.17) is 10.00 Å². The van der Waals surface area contributed by atoms with E-state index >= 15 is 0 Å². The summed E-state index contributed by atoms with van der Waals surface area (Å²) < 4.78 is 35.6. The fourth-order valence-corrected chi connectivity index (χ4v) is 3.94. The van der Waals surface area contributed by atoms with Crippen LogP contribution in [-0.4, -0.2) is 23.2 Å². The molecule has 1 N–H and O–H groups in total. The molecule has 0 radical (unpaired) electrons. The molecule has 0 aliphatic heterocycles. The van der Waals surface area contributed by atoms with Gasteiger partial charge in [-0.2, -0.15) is 10.4 Å². The summed E-state index contributed by atoms with van der Waals surface area (Å²) in [5.41, 5.74) is 1.57. The monoisotopic (exact) mass is 383 g/mol. The van der Waals surface area contributed by atoms with E-state index in [0.29, 0.717) is 22.6 Å². The molecule has 2 heterocycles. The molecule has 3 aromatic rings. The van der Waals surface area contributed by atoms with Gasteiger partial charge in [0.25, 0.3) is 10.0 Å². The Morgan fingerprint density at radius 3 is 2.67 bits per heavy atom. The summed E-state index contributed by atoms with van der Waals surface area (Å²) >= 11 is 0. The Morgan fingerprint density at radius 2 is 2.04 bits per heavy atom. The van der Waals surface area contributed by atoms with Gasteiger partial charge < -0.3 is 4.74 Å². The van der Waals surface area contributed by atoms with Gasteiger partial charge in [-0.15, -0.1) is 0 Å². The Labute approximate surface area is 157 Å². The molecule has 0 aliphatic carbocycles. The Kier molecular flexibility index (Phi) is 4.83. The molecule has 2 aromatic heterocycles. The zero-order valence-corrected chi connectivity index (χ0v) is 15.8. The van der Waals surface area contributed by atoms with Crippen molar-refractivity contribution in [2.24, 2.45) is 7.05 Å². The van der Waals surface area contributed by atoms with E-state index in [2.05, 4.69) is 14.8 Å². The first kappa shape index (κ1) is 18.4. The van der Waals surface area contributed by atoms with Crippen molar-refractivity contribution in [3.63, 3.8) is 0 Å². The largest absolute Gasteiger partial charge is 0.436 e. The maximum Gasteiger partial charge on any atom is 0.262 e. The number of aromatic nitrogens is 3. The minimum Gasteiger partial charge on any atom is -0.436 e. The third-order valence-electron chi connectivity index (χ3n) is 3.85. The number of benzene rings is 1. The third-order valence-corrected chi connectivity index (χ3v) is 5.36. The van der Waals surface area contributed by atoms with Crippen molar-refractivity contribution in [2.45, 2.75) is 18.7 Å². The van der Waals surface area contributed by atoms with Gasteiger partial charge in [-0.25, -0.2) is 13.1 Å². The molecule has 0 spiro atoms. The Bertz CT molecular complexity index is 1130. The van der Waals surface area contributed by atoms with Crippen LogP contribution in [0, 0.1) is 25.2 Å². The van der Waals surface area contributed by atoms with Gasteiger partial charge in [-0.05, 0) is 49.7 Å². The summed E-state index contributed by atoms with van der Waals surface area (Å²) in [5.74, 6) is 0.700. The standard InChI is InChI=1S/C18H17N5O3S/c1-12-9-14(10-19)6-7-16(12)27(24,25)22-17-13(2)21-23(3)18(17)26-15-5-4-8-20-11-15/h4-9,11,22H,1-3H3. The van der Waals surface area contributed by atoms with Gasteiger partial charge in [-0.3, -0.25) is 9.71 Å². The maximum atomic E-state index is 12.9. The van der Waals surface area contributed by atoms with Crippen LogP contribution in [0.4, 0.5) is 5.69 Å². The van der Waals surface area contributed by atoms with Gasteiger partial charge in [0.1, 0.15) is 11.4 Å². The quantitative estimate of drug-likeness (QED) is 0.725. The Hall–Kier alpha value is -3.38. The number of nitrogens with zero attached hydrogens (tertiary/aromatic N) is 4. The average Bonchev–Trinajstić information content (AvgIpc) is 2.88. The number of anilines is 1. The summed E-state index contributed by atoms with van der Waals surface area (Å²) in [6.45, 7) is 3.32. The van der Waals surface area contributed by atoms with E-state index in [1.165, 1.54) is 29.1 Å². The van der Waals surface area contributed by atoms with Gasteiger partial charge >= 0.3 is 0 Å². The normalized spacial score (nSPS) is 11.0. The molecule has 0 bridgehead atoms. The van der Waals surface area contributed by atoms with Crippen LogP contribution in [0.25, 0.3) is 0 Å². The molecule has 0 fully saturated rings. The lowest BCUT2D eigenvalue weighted by molar-refractivity contribution is 0.430. The molecular weight excluding hydrogens is 366 g/mol. The smallest absolute Gasteiger partial charge is 0.262 e. The summed E-state index contributed by atoms with van der Waals surface area (Å²) in [6, 6.07) is 9.80. The fraction of sp³-hybridized carbons (Fsp3) is 0.167. The van der Waals surface area contributed by atoms with Crippen molar-refractivity contribution in [1.82, 2.24) is 14.8 Å². The topological polar surface area (TPSA) is 110 Å². The molecule has 9 heteroatoms. The number of nitrogens with one attached hydrogen (secondary N) is 1. The van der Waals surface area contributed by atoms with E-state index < -0.39 is 10.0 Å². The molecule has 0 saturated carbocycles. The highest BCUT2D eigenvalue weighted by Gasteiger charge is 2.24. The predicted molar refractivity (Wildman–Crippen MR) is 99.0 cm³/mol. The minimum absolute atomic E-state index is 0.0806. The van der Waals surface area contributed by atoms with Crippen LogP contribution in [0.5, 0.6) is 11.6 Å². The molecule has 27 heavy (non-hydrogen) atoms. The van der Waals surface area contributed by atoms with Crippen LogP contribution in [-0.2, 0) is 17.1 Å². The second-order valence-corrected chi connectivity index (χ2v) is 7.53. The van der Waals surface area contributed by atoms with Crippen molar-refractivity contribution < 1.29 is 13.2 Å². The number of pyridine rings is 1. The van der Waals surface area contributed by atoms with E-state index in [1.54, 1.807) is 39.2 Å². The van der Waals surface area contributed by atoms with Crippen LogP contribution in [0.15, 0.2) is 47.6 Å². The van der Waals surface area contributed by atoms with Gasteiger partial charge in [0.2, 0.25) is 5.88 Å². The first-order valence-electron chi connectivity index (χ1n) is 7.97. The van der Waals surface area contributed by atoms with Gasteiger partial charge in [-0.1, -0.05) is 0 Å². The van der Waals surface area contributed by atoms with Gasteiger partial charge in [0, 0.05) is 13.2 Å². The van der Waals surface area contributed by atoms with Gasteiger partial charge in [0.05, 0.1) is 28.4 Å². The average molecular weight is 383 g/mol. The van der Waals surface area contributed by atoms with Crippen molar-refractivity contribution in [2.75, 3.05) is 4.72 Å². The zero-order chi connectivity index (χ0) is 19.6. The number of rotatable bonds is 5. The summed E-state index contributed by atoms with van der Waals surface area (Å²) in [7, 11) is -2.25. The highest BCUT2D eigenvalue weighted by molar-refractivity contribution is 7.92. The number of ether oxygens (including phenoxy) is 1. The zero-order valence-electron chi connectivity index (χ0n) is 15.0. The summed E-state index contributed by atoms with van der Waals surface area (Å²) in [4.78, 5) is 4.06. The molecule has 0 aliphatic rings. The number of sulfonamides is 1. The van der Waals surface area contributed by atoms with Crippen molar-refractivity contribution in [1.29, 1.82) is 5.26 Å². The molecule has 0 amide bonds. The highest BCUT2D eigenvalue weighted by atomic mass is 32.2. The maximum absolute atomic E-state index is 12.9. The van der Waals surface area contributed by atoms with Crippen molar-refractivity contribution in [3.05, 3.63) is 59.5 Å². The lowest BCUT2D eigenvalue weighted by Crippen LogP contribution is -2.15. The first-order chi connectivity index (χ1) is 12.8. The predicted octanol–water partition coefficient (Wildman–Crippen LogP) is 2.90. The van der Waals surface area contributed by atoms with E-state index in [1.807, 2.05) is 6.07 Å². The number of nitriles is 1. The van der Waals surface area contributed by atoms with E-state index in [0.717, 1.165) is 0 Å². The SMILES string of the molecule is Cc1cc(C#N)ccc1S(=O)(=O)Nc1c(C)nn(C)c1Oc1cccnc1.